The Labute approximate surface area is 191 Å². The minimum Gasteiger partial charge on any atom is -0.378 e. The quantitative estimate of drug-likeness (QED) is 0.213. The van der Waals surface area contributed by atoms with Gasteiger partial charge in [-0.2, -0.15) is 0 Å². The van der Waals surface area contributed by atoms with E-state index >= 15 is 0 Å². The lowest BCUT2D eigenvalue weighted by Gasteiger charge is -2.33. The van der Waals surface area contributed by atoms with Gasteiger partial charge in [0.25, 0.3) is 0 Å². The van der Waals surface area contributed by atoms with Crippen molar-refractivity contribution in [1.82, 2.24) is 15.6 Å². The van der Waals surface area contributed by atoms with E-state index in [1.807, 2.05) is 20.0 Å². The molecule has 29 heavy (non-hydrogen) atoms. The van der Waals surface area contributed by atoms with E-state index in [0.717, 1.165) is 44.3 Å². The van der Waals surface area contributed by atoms with Gasteiger partial charge in [0.1, 0.15) is 15.7 Å². The molecular weight excluding hydrogens is 505 g/mol. The van der Waals surface area contributed by atoms with Gasteiger partial charge in [-0.3, -0.25) is 4.99 Å². The monoisotopic (exact) mass is 539 g/mol. The Morgan fingerprint density at radius 2 is 2.03 bits per heavy atom. The molecular formula is C19H34IN5O3S. The molecule has 0 bridgehead atoms. The summed E-state index contributed by atoms with van der Waals surface area (Å²) in [7, 11) is -2.98. The lowest BCUT2D eigenvalue weighted by molar-refractivity contribution is 0.157. The highest BCUT2D eigenvalue weighted by Gasteiger charge is 2.20. The molecule has 1 aromatic heterocycles. The summed E-state index contributed by atoms with van der Waals surface area (Å²) in [5, 5.41) is 6.75. The fourth-order valence-corrected chi connectivity index (χ4v) is 3.37. The van der Waals surface area contributed by atoms with E-state index in [1.165, 1.54) is 11.8 Å². The summed E-state index contributed by atoms with van der Waals surface area (Å²) in [6.45, 7) is 7.89. The van der Waals surface area contributed by atoms with Crippen molar-refractivity contribution >= 4 is 45.6 Å². The van der Waals surface area contributed by atoms with Gasteiger partial charge in [-0.15, -0.1) is 24.0 Å². The lowest BCUT2D eigenvalue weighted by atomic mass is 10.1. The topological polar surface area (TPSA) is 95.9 Å². The summed E-state index contributed by atoms with van der Waals surface area (Å²) in [4.78, 5) is 11.4. The number of hydrogen-bond donors (Lipinski definition) is 2. The first-order chi connectivity index (χ1) is 13.4. The molecule has 0 aliphatic carbocycles. The van der Waals surface area contributed by atoms with Gasteiger partial charge >= 0.3 is 0 Å². The second kappa shape index (κ2) is 13.2. The first kappa shape index (κ1) is 25.9. The molecule has 0 saturated carbocycles. The Hall–Kier alpha value is -1.14. The Kier molecular flexibility index (Phi) is 11.8. The largest absolute Gasteiger partial charge is 0.378 e. The zero-order valence-corrected chi connectivity index (χ0v) is 20.7. The number of sulfone groups is 1. The molecule has 0 amide bonds. The van der Waals surface area contributed by atoms with E-state index in [4.69, 9.17) is 4.74 Å². The normalized spacial score (nSPS) is 15.7. The SMILES string of the molecule is CCNC(=NCCOCCS(C)(=O)=O)NC1CCN(c2ccc(C)cn2)CC1.I. The zero-order chi connectivity index (χ0) is 20.4. The molecule has 0 atom stereocenters. The standard InChI is InChI=1S/C19H33N5O3S.HI/c1-4-20-19(21-9-12-27-13-14-28(3,25)26)23-17-7-10-24(11-8-17)18-6-5-16(2)15-22-18;/h5-6,15,17H,4,7-14H2,1-3H3,(H2,20,21,23);1H. The number of rotatable bonds is 9. The molecule has 2 rings (SSSR count). The Bertz CT molecular complexity index is 720. The molecule has 0 radical (unpaired) electrons. The summed E-state index contributed by atoms with van der Waals surface area (Å²) < 4.78 is 27.5. The third-order valence-corrected chi connectivity index (χ3v) is 5.41. The fourth-order valence-electron chi connectivity index (χ4n) is 2.95. The summed E-state index contributed by atoms with van der Waals surface area (Å²) in [5.41, 5.74) is 1.17. The number of ether oxygens (including phenoxy) is 1. The highest BCUT2D eigenvalue weighted by Crippen LogP contribution is 2.17. The van der Waals surface area contributed by atoms with Gasteiger partial charge < -0.3 is 20.3 Å². The van der Waals surface area contributed by atoms with E-state index in [1.54, 1.807) is 0 Å². The molecule has 0 spiro atoms. The summed E-state index contributed by atoms with van der Waals surface area (Å²) in [6.07, 6.45) is 5.16. The van der Waals surface area contributed by atoms with Gasteiger partial charge in [0.2, 0.25) is 0 Å². The number of piperidine rings is 1. The van der Waals surface area contributed by atoms with Crippen LogP contribution in [-0.4, -0.2) is 76.8 Å². The van der Waals surface area contributed by atoms with Crippen molar-refractivity contribution in [3.8, 4) is 0 Å². The maximum Gasteiger partial charge on any atom is 0.191 e. The van der Waals surface area contributed by atoms with Gasteiger partial charge in [0.05, 0.1) is 25.5 Å². The van der Waals surface area contributed by atoms with Crippen LogP contribution in [0.3, 0.4) is 0 Å². The Morgan fingerprint density at radius 1 is 1.31 bits per heavy atom. The van der Waals surface area contributed by atoms with Crippen LogP contribution in [0.1, 0.15) is 25.3 Å². The van der Waals surface area contributed by atoms with Crippen molar-refractivity contribution in [1.29, 1.82) is 0 Å². The van der Waals surface area contributed by atoms with Crippen LogP contribution >= 0.6 is 24.0 Å². The highest BCUT2D eigenvalue weighted by molar-refractivity contribution is 14.0. The van der Waals surface area contributed by atoms with Crippen LogP contribution in [0.4, 0.5) is 5.82 Å². The number of pyridine rings is 1. The first-order valence-corrected chi connectivity index (χ1v) is 11.9. The number of aliphatic imine (C=N–C) groups is 1. The second-order valence-electron chi connectivity index (χ2n) is 7.10. The fraction of sp³-hybridized carbons (Fsp3) is 0.684. The molecule has 2 N–H and O–H groups in total. The van der Waals surface area contributed by atoms with Crippen LogP contribution in [0, 0.1) is 6.92 Å². The van der Waals surface area contributed by atoms with E-state index in [9.17, 15) is 8.42 Å². The second-order valence-corrected chi connectivity index (χ2v) is 9.36. The first-order valence-electron chi connectivity index (χ1n) is 9.85. The minimum atomic E-state index is -2.98. The molecule has 1 aliphatic rings. The van der Waals surface area contributed by atoms with Crippen LogP contribution in [0.5, 0.6) is 0 Å². The van der Waals surface area contributed by atoms with Crippen molar-refractivity contribution in [2.24, 2.45) is 4.99 Å². The average molecular weight is 539 g/mol. The number of guanidine groups is 1. The van der Waals surface area contributed by atoms with Crippen LogP contribution in [0.25, 0.3) is 0 Å². The van der Waals surface area contributed by atoms with Crippen molar-refractivity contribution in [2.45, 2.75) is 32.7 Å². The van der Waals surface area contributed by atoms with Crippen molar-refractivity contribution in [3.05, 3.63) is 23.9 Å². The van der Waals surface area contributed by atoms with Gasteiger partial charge in [-0.1, -0.05) is 6.07 Å². The number of aryl methyl sites for hydroxylation is 1. The summed E-state index contributed by atoms with van der Waals surface area (Å²) >= 11 is 0. The van der Waals surface area contributed by atoms with Gasteiger partial charge in [0.15, 0.2) is 5.96 Å². The average Bonchev–Trinajstić information content (AvgIpc) is 2.65. The van der Waals surface area contributed by atoms with Crippen molar-refractivity contribution in [2.75, 3.05) is 56.3 Å². The molecule has 166 valence electrons. The summed E-state index contributed by atoms with van der Waals surface area (Å²) in [6, 6.07) is 4.55. The summed E-state index contributed by atoms with van der Waals surface area (Å²) in [5.74, 6) is 1.86. The van der Waals surface area contributed by atoms with E-state index in [0.29, 0.717) is 19.2 Å². The Balaban J connectivity index is 0.00000420. The molecule has 1 aromatic rings. The van der Waals surface area contributed by atoms with Gasteiger partial charge in [-0.05, 0) is 38.3 Å². The minimum absolute atomic E-state index is 0. The molecule has 10 heteroatoms. The van der Waals surface area contributed by atoms with Crippen LogP contribution in [0.15, 0.2) is 23.3 Å². The molecule has 1 saturated heterocycles. The van der Waals surface area contributed by atoms with Crippen LogP contribution in [0.2, 0.25) is 0 Å². The number of anilines is 1. The third kappa shape index (κ3) is 10.4. The van der Waals surface area contributed by atoms with E-state index < -0.39 is 9.84 Å². The number of halogens is 1. The van der Waals surface area contributed by atoms with Gasteiger partial charge in [-0.25, -0.2) is 13.4 Å². The molecule has 1 fully saturated rings. The maximum atomic E-state index is 11.1. The predicted molar refractivity (Wildman–Crippen MR) is 129 cm³/mol. The molecule has 0 unspecified atom stereocenters. The number of nitrogens with one attached hydrogen (secondary N) is 2. The predicted octanol–water partition coefficient (Wildman–Crippen LogP) is 1.59. The Morgan fingerprint density at radius 3 is 2.62 bits per heavy atom. The van der Waals surface area contributed by atoms with E-state index in [-0.39, 0.29) is 36.3 Å². The maximum absolute atomic E-state index is 11.1. The number of hydrogen-bond acceptors (Lipinski definition) is 6. The zero-order valence-electron chi connectivity index (χ0n) is 17.6. The van der Waals surface area contributed by atoms with Crippen LogP contribution < -0.4 is 15.5 Å². The van der Waals surface area contributed by atoms with Crippen LogP contribution in [-0.2, 0) is 14.6 Å². The molecule has 0 aromatic carbocycles. The highest BCUT2D eigenvalue weighted by atomic mass is 127. The molecule has 1 aliphatic heterocycles. The number of nitrogens with zero attached hydrogens (tertiary/aromatic N) is 3. The smallest absolute Gasteiger partial charge is 0.191 e. The van der Waals surface area contributed by atoms with Crippen molar-refractivity contribution in [3.63, 3.8) is 0 Å². The number of aromatic nitrogens is 1. The van der Waals surface area contributed by atoms with Crippen molar-refractivity contribution < 1.29 is 13.2 Å². The lowest BCUT2D eigenvalue weighted by Crippen LogP contribution is -2.49. The van der Waals surface area contributed by atoms with E-state index in [2.05, 4.69) is 37.6 Å². The third-order valence-electron chi connectivity index (χ3n) is 4.50. The molecule has 2 heterocycles. The van der Waals surface area contributed by atoms with Gasteiger partial charge in [0, 0.05) is 38.1 Å². The molecule has 8 nitrogen and oxygen atoms in total.